The van der Waals surface area contributed by atoms with E-state index in [0.717, 1.165) is 53.1 Å². The number of phenols is 1. The van der Waals surface area contributed by atoms with Crippen LogP contribution in [0.2, 0.25) is 0 Å². The maximum absolute atomic E-state index is 13.8. The molecule has 3 aromatic carbocycles. The minimum atomic E-state index is -0.597. The molecule has 182 valence electrons. The van der Waals surface area contributed by atoms with E-state index in [1.165, 1.54) is 0 Å². The van der Waals surface area contributed by atoms with E-state index in [1.54, 1.807) is 36.1 Å². The first-order chi connectivity index (χ1) is 17.6. The van der Waals surface area contributed by atoms with Crippen molar-refractivity contribution in [3.63, 3.8) is 0 Å². The van der Waals surface area contributed by atoms with Gasteiger partial charge in [-0.2, -0.15) is 5.10 Å². The Morgan fingerprint density at radius 3 is 2.39 bits per heavy atom. The van der Waals surface area contributed by atoms with Gasteiger partial charge in [-0.25, -0.2) is 4.68 Å². The molecule has 0 saturated heterocycles. The number of anilines is 1. The minimum Gasteiger partial charge on any atom is -0.506 e. The molecule has 1 N–H and O–H groups in total. The lowest BCUT2D eigenvalue weighted by atomic mass is 9.65. The number of carbonyl (C=O) groups excluding carboxylic acids is 1. The lowest BCUT2D eigenvalue weighted by Crippen LogP contribution is -2.44. The molecule has 1 saturated carbocycles. The topological polar surface area (TPSA) is 76.8 Å². The third-order valence-corrected chi connectivity index (χ3v) is 7.47. The summed E-state index contributed by atoms with van der Waals surface area (Å²) in [7, 11) is 3.24. The molecule has 6 rings (SSSR count). The molecule has 0 atom stereocenters. The molecular formula is C29H27N3O4. The first kappa shape index (κ1) is 22.2. The van der Waals surface area contributed by atoms with Gasteiger partial charge in [0.05, 0.1) is 43.8 Å². The Balaban J connectivity index is 1.47. The number of para-hydroxylation sites is 1. The number of hydrogen-bond acceptors (Lipinski definition) is 5. The summed E-state index contributed by atoms with van der Waals surface area (Å²) in [5.41, 5.74) is 4.23. The zero-order valence-electron chi connectivity index (χ0n) is 20.3. The molecule has 0 unspecified atom stereocenters. The molecule has 4 aromatic rings. The van der Waals surface area contributed by atoms with Gasteiger partial charge in [0.25, 0.3) is 0 Å². The van der Waals surface area contributed by atoms with E-state index in [1.807, 2.05) is 60.7 Å². The Bertz CT molecular complexity index is 1440. The van der Waals surface area contributed by atoms with Crippen molar-refractivity contribution in [2.24, 2.45) is 0 Å². The molecule has 0 bridgehead atoms. The van der Waals surface area contributed by atoms with Crippen molar-refractivity contribution in [2.75, 3.05) is 19.1 Å². The van der Waals surface area contributed by atoms with Crippen LogP contribution in [0.15, 0.2) is 72.9 Å². The summed E-state index contributed by atoms with van der Waals surface area (Å²) in [6.45, 7) is 0.385. The van der Waals surface area contributed by atoms with Crippen molar-refractivity contribution < 1.29 is 19.4 Å². The minimum absolute atomic E-state index is 0.0514. The SMILES string of the molecule is COc1ccc(CN2C(=O)C3(CCC3)c3cc(-c4c(OC)cnn4-c4ccccc4)cc(O)c32)cc1. The summed E-state index contributed by atoms with van der Waals surface area (Å²) in [4.78, 5) is 15.5. The molecule has 1 fully saturated rings. The number of nitrogens with zero attached hydrogens (tertiary/aromatic N) is 3. The Morgan fingerprint density at radius 2 is 1.75 bits per heavy atom. The third-order valence-electron chi connectivity index (χ3n) is 7.47. The zero-order chi connectivity index (χ0) is 24.9. The second-order valence-corrected chi connectivity index (χ2v) is 9.38. The number of methoxy groups -OCH3 is 2. The summed E-state index contributed by atoms with van der Waals surface area (Å²) in [5.74, 6) is 1.49. The lowest BCUT2D eigenvalue weighted by molar-refractivity contribution is -0.126. The maximum Gasteiger partial charge on any atom is 0.238 e. The summed E-state index contributed by atoms with van der Waals surface area (Å²) >= 11 is 0. The lowest BCUT2D eigenvalue weighted by Gasteiger charge is -2.37. The number of aromatic nitrogens is 2. The highest BCUT2D eigenvalue weighted by Crippen LogP contribution is 2.57. The molecule has 7 nitrogen and oxygen atoms in total. The Kier molecular flexibility index (Phi) is 5.21. The van der Waals surface area contributed by atoms with E-state index in [2.05, 4.69) is 5.10 Å². The molecule has 7 heteroatoms. The van der Waals surface area contributed by atoms with E-state index in [9.17, 15) is 9.90 Å². The number of ether oxygens (including phenoxy) is 2. The van der Waals surface area contributed by atoms with Gasteiger partial charge in [0, 0.05) is 5.56 Å². The van der Waals surface area contributed by atoms with Crippen molar-refractivity contribution in [2.45, 2.75) is 31.2 Å². The van der Waals surface area contributed by atoms with Crippen LogP contribution in [-0.2, 0) is 16.8 Å². The molecule has 0 radical (unpaired) electrons. The molecule has 36 heavy (non-hydrogen) atoms. The smallest absolute Gasteiger partial charge is 0.238 e. The predicted molar refractivity (Wildman–Crippen MR) is 137 cm³/mol. The van der Waals surface area contributed by atoms with Crippen LogP contribution in [0, 0.1) is 0 Å². The molecule has 1 spiro atoms. The Morgan fingerprint density at radius 1 is 1.00 bits per heavy atom. The van der Waals surface area contributed by atoms with E-state index in [4.69, 9.17) is 9.47 Å². The molecule has 2 aliphatic rings. The number of phenolic OH excluding ortho intramolecular Hbond substituents is 1. The van der Waals surface area contributed by atoms with Crippen molar-refractivity contribution in [1.82, 2.24) is 9.78 Å². The van der Waals surface area contributed by atoms with Crippen LogP contribution in [0.25, 0.3) is 16.9 Å². The highest BCUT2D eigenvalue weighted by atomic mass is 16.5. The van der Waals surface area contributed by atoms with Crippen LogP contribution in [0.1, 0.15) is 30.4 Å². The van der Waals surface area contributed by atoms with Crippen LogP contribution >= 0.6 is 0 Å². The highest BCUT2D eigenvalue weighted by molar-refractivity contribution is 6.10. The molecular weight excluding hydrogens is 454 g/mol. The number of amides is 1. The quantitative estimate of drug-likeness (QED) is 0.408. The van der Waals surface area contributed by atoms with E-state index in [-0.39, 0.29) is 11.7 Å². The normalized spacial score (nSPS) is 15.6. The number of hydrogen-bond donors (Lipinski definition) is 1. The fourth-order valence-corrected chi connectivity index (χ4v) is 5.47. The number of rotatable bonds is 6. The van der Waals surface area contributed by atoms with Crippen LogP contribution in [0.3, 0.4) is 0 Å². The van der Waals surface area contributed by atoms with Crippen LogP contribution in [-0.4, -0.2) is 35.0 Å². The first-order valence-corrected chi connectivity index (χ1v) is 12.1. The Hall–Kier alpha value is -4.26. The number of aromatic hydroxyl groups is 1. The summed E-state index contributed by atoms with van der Waals surface area (Å²) in [6.07, 6.45) is 4.20. The predicted octanol–water partition coefficient (Wildman–Crippen LogP) is 5.23. The standard InChI is InChI=1S/C29H27N3O4/c1-35-22-11-9-19(10-12-22)18-31-27-23(29(28(31)34)13-6-14-29)15-20(16-24(27)33)26-25(36-2)17-30-32(26)21-7-4-3-5-8-21/h3-5,7-12,15-17,33H,6,13-14,18H2,1-2H3. The van der Waals surface area contributed by atoms with Gasteiger partial charge < -0.3 is 19.5 Å². The zero-order valence-corrected chi connectivity index (χ0v) is 20.3. The van der Waals surface area contributed by atoms with Gasteiger partial charge in [0.2, 0.25) is 5.91 Å². The van der Waals surface area contributed by atoms with Gasteiger partial charge in [0.1, 0.15) is 17.2 Å². The molecule has 2 heterocycles. The van der Waals surface area contributed by atoms with Gasteiger partial charge in [-0.15, -0.1) is 0 Å². The van der Waals surface area contributed by atoms with E-state index < -0.39 is 5.41 Å². The largest absolute Gasteiger partial charge is 0.506 e. The molecule has 1 aliphatic heterocycles. The van der Waals surface area contributed by atoms with Gasteiger partial charge in [-0.3, -0.25) is 4.79 Å². The highest BCUT2D eigenvalue weighted by Gasteiger charge is 2.55. The average molecular weight is 482 g/mol. The van der Waals surface area contributed by atoms with Gasteiger partial charge >= 0.3 is 0 Å². The summed E-state index contributed by atoms with van der Waals surface area (Å²) in [6, 6.07) is 21.2. The summed E-state index contributed by atoms with van der Waals surface area (Å²) < 4.78 is 12.7. The Labute approximate surface area is 209 Å². The fourth-order valence-electron chi connectivity index (χ4n) is 5.47. The first-order valence-electron chi connectivity index (χ1n) is 12.1. The maximum atomic E-state index is 13.8. The second kappa shape index (κ2) is 8.45. The molecule has 1 amide bonds. The van der Waals surface area contributed by atoms with Crippen molar-refractivity contribution in [3.8, 4) is 34.2 Å². The average Bonchev–Trinajstić information content (AvgIpc) is 3.42. The number of fused-ring (bicyclic) bond motifs is 2. The van der Waals surface area contributed by atoms with Crippen molar-refractivity contribution in [3.05, 3.63) is 84.1 Å². The molecule has 1 aromatic heterocycles. The van der Waals surface area contributed by atoms with E-state index in [0.29, 0.717) is 18.0 Å². The summed E-state index contributed by atoms with van der Waals surface area (Å²) in [5, 5.41) is 15.9. The van der Waals surface area contributed by atoms with Crippen LogP contribution in [0.4, 0.5) is 5.69 Å². The van der Waals surface area contributed by atoms with E-state index >= 15 is 0 Å². The number of benzene rings is 3. The number of carbonyl (C=O) groups is 1. The van der Waals surface area contributed by atoms with Crippen LogP contribution < -0.4 is 14.4 Å². The fraction of sp³-hybridized carbons (Fsp3) is 0.241. The van der Waals surface area contributed by atoms with Gasteiger partial charge in [0.15, 0.2) is 5.75 Å². The third kappa shape index (κ3) is 3.26. The van der Waals surface area contributed by atoms with Gasteiger partial charge in [-0.1, -0.05) is 36.8 Å². The van der Waals surface area contributed by atoms with Gasteiger partial charge in [-0.05, 0) is 60.4 Å². The van der Waals surface area contributed by atoms with Crippen molar-refractivity contribution >= 4 is 11.6 Å². The second-order valence-electron chi connectivity index (χ2n) is 9.38. The monoisotopic (exact) mass is 481 g/mol. The van der Waals surface area contributed by atoms with Crippen LogP contribution in [0.5, 0.6) is 17.2 Å². The molecule has 1 aliphatic carbocycles. The van der Waals surface area contributed by atoms with Crippen molar-refractivity contribution in [1.29, 1.82) is 0 Å².